The minimum absolute atomic E-state index is 0.0519. The van der Waals surface area contributed by atoms with Crippen molar-refractivity contribution in [1.82, 2.24) is 5.32 Å². The Balaban J connectivity index is 2.52. The number of hydrogen-bond donors (Lipinski definition) is 2. The Labute approximate surface area is 109 Å². The van der Waals surface area contributed by atoms with Gasteiger partial charge in [-0.2, -0.15) is 0 Å². The summed E-state index contributed by atoms with van der Waals surface area (Å²) in [4.78, 5) is 11.8. The highest BCUT2D eigenvalue weighted by molar-refractivity contribution is 14.1. The average Bonchev–Trinajstić information content (AvgIpc) is 2.26. The fourth-order valence-electron chi connectivity index (χ4n) is 1.41. The monoisotopic (exact) mass is 333 g/mol. The Kier molecular flexibility index (Phi) is 5.76. The first-order valence-corrected chi connectivity index (χ1v) is 6.38. The second kappa shape index (κ2) is 6.85. The Morgan fingerprint density at radius 2 is 2.31 bits per heavy atom. The van der Waals surface area contributed by atoms with Crippen molar-refractivity contribution in [1.29, 1.82) is 0 Å². The molecular formula is C12H16INO2. The van der Waals surface area contributed by atoms with Gasteiger partial charge in [-0.3, -0.25) is 4.79 Å². The lowest BCUT2D eigenvalue weighted by Crippen LogP contribution is -2.32. The van der Waals surface area contributed by atoms with Crippen molar-refractivity contribution in [2.75, 3.05) is 6.61 Å². The Bertz CT molecular complexity index is 355. The van der Waals surface area contributed by atoms with Crippen LogP contribution in [0.2, 0.25) is 0 Å². The molecule has 1 unspecified atom stereocenters. The van der Waals surface area contributed by atoms with Crippen LogP contribution in [-0.4, -0.2) is 23.7 Å². The van der Waals surface area contributed by atoms with E-state index in [1.807, 2.05) is 25.1 Å². The van der Waals surface area contributed by atoms with Crippen LogP contribution in [-0.2, 0) is 0 Å². The van der Waals surface area contributed by atoms with Crippen LogP contribution in [0.4, 0.5) is 0 Å². The maximum Gasteiger partial charge on any atom is 0.251 e. The van der Waals surface area contributed by atoms with Gasteiger partial charge in [0.15, 0.2) is 0 Å². The molecule has 1 atom stereocenters. The molecule has 1 amide bonds. The summed E-state index contributed by atoms with van der Waals surface area (Å²) < 4.78 is 1.05. The molecule has 0 fully saturated rings. The van der Waals surface area contributed by atoms with Crippen LogP contribution in [0.15, 0.2) is 24.3 Å². The zero-order valence-electron chi connectivity index (χ0n) is 9.24. The van der Waals surface area contributed by atoms with E-state index >= 15 is 0 Å². The van der Waals surface area contributed by atoms with E-state index in [1.54, 1.807) is 6.07 Å². The lowest BCUT2D eigenvalue weighted by atomic mass is 10.1. The quantitative estimate of drug-likeness (QED) is 0.812. The number of aliphatic hydroxyl groups excluding tert-OH is 1. The Morgan fingerprint density at radius 1 is 1.56 bits per heavy atom. The van der Waals surface area contributed by atoms with Crippen LogP contribution in [0, 0.1) is 3.57 Å². The third-order valence-electron chi connectivity index (χ3n) is 2.26. The summed E-state index contributed by atoms with van der Waals surface area (Å²) >= 11 is 2.18. The fourth-order valence-corrected chi connectivity index (χ4v) is 1.95. The summed E-state index contributed by atoms with van der Waals surface area (Å²) in [5.74, 6) is -0.0519. The molecule has 16 heavy (non-hydrogen) atoms. The van der Waals surface area contributed by atoms with Gasteiger partial charge in [0.25, 0.3) is 5.91 Å². The van der Waals surface area contributed by atoms with Gasteiger partial charge in [-0.05, 0) is 60.6 Å². The molecule has 0 aromatic heterocycles. The average molecular weight is 333 g/mol. The number of halogens is 1. The summed E-state index contributed by atoms with van der Waals surface area (Å²) in [6.45, 7) is 2.12. The van der Waals surface area contributed by atoms with E-state index in [4.69, 9.17) is 5.11 Å². The van der Waals surface area contributed by atoms with Crippen molar-refractivity contribution in [2.24, 2.45) is 0 Å². The van der Waals surface area contributed by atoms with Gasteiger partial charge in [0.05, 0.1) is 0 Å². The molecule has 0 saturated carbocycles. The van der Waals surface area contributed by atoms with Gasteiger partial charge in [-0.25, -0.2) is 0 Å². The van der Waals surface area contributed by atoms with Gasteiger partial charge in [0.2, 0.25) is 0 Å². The molecule has 3 nitrogen and oxygen atoms in total. The fraction of sp³-hybridized carbons (Fsp3) is 0.417. The zero-order valence-corrected chi connectivity index (χ0v) is 11.4. The van der Waals surface area contributed by atoms with Crippen LogP contribution < -0.4 is 5.32 Å². The van der Waals surface area contributed by atoms with Crippen LogP contribution in [0.3, 0.4) is 0 Å². The largest absolute Gasteiger partial charge is 0.396 e. The molecule has 0 spiro atoms. The molecule has 0 aliphatic rings. The number of amides is 1. The molecular weight excluding hydrogens is 317 g/mol. The van der Waals surface area contributed by atoms with E-state index in [0.717, 1.165) is 9.99 Å². The summed E-state index contributed by atoms with van der Waals surface area (Å²) in [6.07, 6.45) is 1.51. The van der Waals surface area contributed by atoms with E-state index in [1.165, 1.54) is 0 Å². The SMILES string of the molecule is CC(CCCO)NC(=O)c1cccc(I)c1. The minimum atomic E-state index is -0.0519. The molecule has 2 N–H and O–H groups in total. The van der Waals surface area contributed by atoms with Gasteiger partial charge >= 0.3 is 0 Å². The van der Waals surface area contributed by atoms with Crippen molar-refractivity contribution in [3.05, 3.63) is 33.4 Å². The molecule has 0 aliphatic heterocycles. The Hall–Kier alpha value is -0.620. The molecule has 88 valence electrons. The molecule has 0 heterocycles. The van der Waals surface area contributed by atoms with E-state index in [0.29, 0.717) is 12.0 Å². The van der Waals surface area contributed by atoms with E-state index in [9.17, 15) is 4.79 Å². The standard InChI is InChI=1S/C12H16INO2/c1-9(4-3-7-15)14-12(16)10-5-2-6-11(13)8-10/h2,5-6,8-9,15H,3-4,7H2,1H3,(H,14,16). The number of aliphatic hydroxyl groups is 1. The highest BCUT2D eigenvalue weighted by Gasteiger charge is 2.09. The smallest absolute Gasteiger partial charge is 0.251 e. The predicted molar refractivity (Wildman–Crippen MR) is 72.4 cm³/mol. The number of rotatable bonds is 5. The third kappa shape index (κ3) is 4.49. The molecule has 0 radical (unpaired) electrons. The number of hydrogen-bond acceptors (Lipinski definition) is 2. The van der Waals surface area contributed by atoms with Crippen molar-refractivity contribution in [2.45, 2.75) is 25.8 Å². The van der Waals surface area contributed by atoms with Crippen molar-refractivity contribution in [3.63, 3.8) is 0 Å². The first-order valence-electron chi connectivity index (χ1n) is 5.30. The molecule has 4 heteroatoms. The summed E-state index contributed by atoms with van der Waals surface area (Å²) in [6, 6.07) is 7.57. The van der Waals surface area contributed by atoms with Crippen molar-refractivity contribution in [3.8, 4) is 0 Å². The van der Waals surface area contributed by atoms with Gasteiger partial charge in [0, 0.05) is 21.8 Å². The zero-order chi connectivity index (χ0) is 12.0. The second-order valence-corrected chi connectivity index (χ2v) is 5.00. The van der Waals surface area contributed by atoms with Gasteiger partial charge < -0.3 is 10.4 Å². The van der Waals surface area contributed by atoms with Gasteiger partial charge in [0.1, 0.15) is 0 Å². The Morgan fingerprint density at radius 3 is 2.94 bits per heavy atom. The number of carbonyl (C=O) groups is 1. The predicted octanol–water partition coefficient (Wildman–Crippen LogP) is 2.18. The third-order valence-corrected chi connectivity index (χ3v) is 2.93. The summed E-state index contributed by atoms with van der Waals surface area (Å²) in [5, 5.41) is 11.6. The number of nitrogens with one attached hydrogen (secondary N) is 1. The van der Waals surface area contributed by atoms with Gasteiger partial charge in [-0.15, -0.1) is 0 Å². The van der Waals surface area contributed by atoms with Crippen LogP contribution >= 0.6 is 22.6 Å². The number of benzene rings is 1. The van der Waals surface area contributed by atoms with Crippen LogP contribution in [0.5, 0.6) is 0 Å². The highest BCUT2D eigenvalue weighted by atomic mass is 127. The lowest BCUT2D eigenvalue weighted by molar-refractivity contribution is 0.0936. The maximum absolute atomic E-state index is 11.8. The van der Waals surface area contributed by atoms with Crippen LogP contribution in [0.25, 0.3) is 0 Å². The summed E-state index contributed by atoms with van der Waals surface area (Å²) in [5.41, 5.74) is 0.683. The molecule has 1 aromatic rings. The molecule has 0 bridgehead atoms. The number of carbonyl (C=O) groups excluding carboxylic acids is 1. The minimum Gasteiger partial charge on any atom is -0.396 e. The van der Waals surface area contributed by atoms with Crippen LogP contribution in [0.1, 0.15) is 30.1 Å². The maximum atomic E-state index is 11.8. The summed E-state index contributed by atoms with van der Waals surface area (Å²) in [7, 11) is 0. The van der Waals surface area contributed by atoms with E-state index in [2.05, 4.69) is 27.9 Å². The first kappa shape index (κ1) is 13.4. The van der Waals surface area contributed by atoms with E-state index in [-0.39, 0.29) is 18.6 Å². The molecule has 1 rings (SSSR count). The van der Waals surface area contributed by atoms with Gasteiger partial charge in [-0.1, -0.05) is 6.07 Å². The van der Waals surface area contributed by atoms with Crippen molar-refractivity contribution < 1.29 is 9.90 Å². The lowest BCUT2D eigenvalue weighted by Gasteiger charge is -2.13. The normalized spacial score (nSPS) is 12.2. The second-order valence-electron chi connectivity index (χ2n) is 3.75. The van der Waals surface area contributed by atoms with E-state index < -0.39 is 0 Å². The topological polar surface area (TPSA) is 49.3 Å². The van der Waals surface area contributed by atoms with Crippen molar-refractivity contribution >= 4 is 28.5 Å². The molecule has 0 aliphatic carbocycles. The molecule has 1 aromatic carbocycles. The first-order chi connectivity index (χ1) is 7.63. The molecule has 0 saturated heterocycles. The highest BCUT2D eigenvalue weighted by Crippen LogP contribution is 2.08.